The summed E-state index contributed by atoms with van der Waals surface area (Å²) in [5, 5.41) is 3.73. The summed E-state index contributed by atoms with van der Waals surface area (Å²) in [5.41, 5.74) is 0.336. The number of hydrogen-bond donors (Lipinski definition) is 1. The zero-order valence-corrected chi connectivity index (χ0v) is 13.6. The van der Waals surface area contributed by atoms with Gasteiger partial charge in [0.05, 0.1) is 6.61 Å². The fraction of sp³-hybridized carbons (Fsp3) is 1.00. The molecule has 0 amide bonds. The maximum absolute atomic E-state index is 5.81. The fourth-order valence-corrected chi connectivity index (χ4v) is 3.67. The molecule has 1 heterocycles. The third-order valence-corrected chi connectivity index (χ3v) is 5.31. The molecule has 0 aromatic heterocycles. The summed E-state index contributed by atoms with van der Waals surface area (Å²) in [6.45, 7) is 6.52. The second-order valence-corrected chi connectivity index (χ2v) is 7.44. The molecular weight excluding hydrogens is 256 g/mol. The molecular formula is C15H30N2OS. The highest BCUT2D eigenvalue weighted by Crippen LogP contribution is 2.31. The third kappa shape index (κ3) is 4.92. The van der Waals surface area contributed by atoms with Crippen molar-refractivity contribution < 1.29 is 4.74 Å². The zero-order valence-electron chi connectivity index (χ0n) is 12.8. The largest absolute Gasteiger partial charge is 0.381 e. The lowest BCUT2D eigenvalue weighted by molar-refractivity contribution is -0.0263. The molecule has 0 aromatic rings. The minimum Gasteiger partial charge on any atom is -0.381 e. The van der Waals surface area contributed by atoms with E-state index in [1.165, 1.54) is 31.4 Å². The summed E-state index contributed by atoms with van der Waals surface area (Å²) in [6, 6.07) is 1.45. The van der Waals surface area contributed by atoms with Crippen LogP contribution in [0, 0.1) is 5.41 Å². The fourth-order valence-electron chi connectivity index (χ4n) is 2.93. The van der Waals surface area contributed by atoms with Crippen LogP contribution >= 0.6 is 11.8 Å². The van der Waals surface area contributed by atoms with Crippen LogP contribution in [0.15, 0.2) is 0 Å². The molecule has 112 valence electrons. The van der Waals surface area contributed by atoms with Crippen molar-refractivity contribution in [3.63, 3.8) is 0 Å². The van der Waals surface area contributed by atoms with Gasteiger partial charge in [-0.1, -0.05) is 0 Å². The molecule has 1 saturated heterocycles. The number of nitrogens with one attached hydrogen (secondary N) is 1. The molecule has 1 aliphatic carbocycles. The first-order valence-corrected chi connectivity index (χ1v) is 9.05. The van der Waals surface area contributed by atoms with Gasteiger partial charge in [0, 0.05) is 42.9 Å². The molecule has 2 unspecified atom stereocenters. The molecule has 19 heavy (non-hydrogen) atoms. The van der Waals surface area contributed by atoms with E-state index in [4.69, 9.17) is 4.74 Å². The average molecular weight is 286 g/mol. The maximum atomic E-state index is 5.81. The highest BCUT2D eigenvalue weighted by molar-refractivity contribution is 7.98. The second-order valence-electron chi connectivity index (χ2n) is 6.53. The Morgan fingerprint density at radius 2 is 2.26 bits per heavy atom. The van der Waals surface area contributed by atoms with Crippen molar-refractivity contribution in [2.24, 2.45) is 5.41 Å². The van der Waals surface area contributed by atoms with E-state index in [0.29, 0.717) is 11.5 Å². The first-order chi connectivity index (χ1) is 9.15. The molecule has 0 radical (unpaired) electrons. The summed E-state index contributed by atoms with van der Waals surface area (Å²) in [7, 11) is 2.27. The van der Waals surface area contributed by atoms with E-state index in [9.17, 15) is 0 Å². The van der Waals surface area contributed by atoms with Gasteiger partial charge in [0.1, 0.15) is 0 Å². The Hall–Kier alpha value is 0.230. The van der Waals surface area contributed by atoms with E-state index in [2.05, 4.69) is 30.4 Å². The monoisotopic (exact) mass is 286 g/mol. The molecule has 2 aliphatic rings. The van der Waals surface area contributed by atoms with Gasteiger partial charge in [-0.3, -0.25) is 0 Å². The number of hydrogen-bond acceptors (Lipinski definition) is 4. The van der Waals surface area contributed by atoms with E-state index in [1.807, 2.05) is 11.8 Å². The summed E-state index contributed by atoms with van der Waals surface area (Å²) < 4.78 is 5.81. The lowest BCUT2D eigenvalue weighted by Crippen LogP contribution is -2.50. The van der Waals surface area contributed by atoms with Gasteiger partial charge < -0.3 is 15.0 Å². The quantitative estimate of drug-likeness (QED) is 0.739. The summed E-state index contributed by atoms with van der Waals surface area (Å²) >= 11 is 1.94. The number of thioether (sulfide) groups is 1. The van der Waals surface area contributed by atoms with Gasteiger partial charge in [-0.15, -0.1) is 0 Å². The van der Waals surface area contributed by atoms with Crippen molar-refractivity contribution in [2.75, 3.05) is 45.4 Å². The average Bonchev–Trinajstić information content (AvgIpc) is 3.22. The van der Waals surface area contributed by atoms with Gasteiger partial charge in [0.25, 0.3) is 0 Å². The molecule has 0 spiro atoms. The Labute approximate surface area is 122 Å². The Morgan fingerprint density at radius 3 is 2.84 bits per heavy atom. The van der Waals surface area contributed by atoms with Crippen molar-refractivity contribution in [1.29, 1.82) is 0 Å². The molecule has 0 bridgehead atoms. The van der Waals surface area contributed by atoms with E-state index < -0.39 is 0 Å². The van der Waals surface area contributed by atoms with Crippen molar-refractivity contribution in [3.05, 3.63) is 0 Å². The molecule has 0 aromatic carbocycles. The summed E-state index contributed by atoms with van der Waals surface area (Å²) in [4.78, 5) is 2.53. The van der Waals surface area contributed by atoms with Gasteiger partial charge in [-0.05, 0) is 45.9 Å². The van der Waals surface area contributed by atoms with Crippen molar-refractivity contribution >= 4 is 11.8 Å². The van der Waals surface area contributed by atoms with E-state index in [1.54, 1.807) is 0 Å². The number of ether oxygens (including phenoxy) is 1. The summed E-state index contributed by atoms with van der Waals surface area (Å²) in [5.74, 6) is 1.21. The Morgan fingerprint density at radius 1 is 1.47 bits per heavy atom. The molecule has 4 heteroatoms. The Kier molecular flexibility index (Phi) is 6.00. The van der Waals surface area contributed by atoms with Crippen molar-refractivity contribution in [1.82, 2.24) is 10.2 Å². The Bertz CT molecular complexity index is 265. The molecule has 2 fully saturated rings. The van der Waals surface area contributed by atoms with Gasteiger partial charge in [0.15, 0.2) is 0 Å². The van der Waals surface area contributed by atoms with E-state index in [0.717, 1.165) is 32.3 Å². The first kappa shape index (κ1) is 15.6. The van der Waals surface area contributed by atoms with Crippen molar-refractivity contribution in [2.45, 2.75) is 44.7 Å². The van der Waals surface area contributed by atoms with E-state index in [-0.39, 0.29) is 0 Å². The molecule has 2 atom stereocenters. The molecule has 1 saturated carbocycles. The minimum absolute atomic E-state index is 0.336. The number of nitrogens with zero attached hydrogens (tertiary/aromatic N) is 1. The first-order valence-electron chi connectivity index (χ1n) is 7.65. The van der Waals surface area contributed by atoms with Crippen LogP contribution in [0.1, 0.15) is 32.6 Å². The number of rotatable bonds is 8. The molecule has 1 N–H and O–H groups in total. The topological polar surface area (TPSA) is 24.5 Å². The van der Waals surface area contributed by atoms with E-state index >= 15 is 0 Å². The van der Waals surface area contributed by atoms with Gasteiger partial charge in [0.2, 0.25) is 0 Å². The van der Waals surface area contributed by atoms with Crippen LogP contribution < -0.4 is 5.32 Å². The van der Waals surface area contributed by atoms with Crippen LogP contribution in [0.5, 0.6) is 0 Å². The van der Waals surface area contributed by atoms with Gasteiger partial charge in [-0.2, -0.15) is 11.8 Å². The summed E-state index contributed by atoms with van der Waals surface area (Å²) in [6.07, 6.45) is 7.46. The highest BCUT2D eigenvalue weighted by atomic mass is 32.2. The standard InChI is InChI=1S/C15H30N2OS/c1-13(9-19-3)17(2)11-15(7-4-8-18-12-15)10-16-14-5-6-14/h13-14,16H,4-12H2,1-3H3. The van der Waals surface area contributed by atoms with Gasteiger partial charge >= 0.3 is 0 Å². The predicted molar refractivity (Wildman–Crippen MR) is 84.0 cm³/mol. The van der Waals surface area contributed by atoms with Crippen LogP contribution in [0.4, 0.5) is 0 Å². The van der Waals surface area contributed by atoms with Crippen LogP contribution in [-0.4, -0.2) is 62.3 Å². The molecule has 2 rings (SSSR count). The van der Waals surface area contributed by atoms with Crippen LogP contribution in [0.3, 0.4) is 0 Å². The van der Waals surface area contributed by atoms with Crippen LogP contribution in [-0.2, 0) is 4.74 Å². The highest BCUT2D eigenvalue weighted by Gasteiger charge is 2.36. The van der Waals surface area contributed by atoms with Crippen LogP contribution in [0.25, 0.3) is 0 Å². The Balaban J connectivity index is 1.87. The molecule has 3 nitrogen and oxygen atoms in total. The smallest absolute Gasteiger partial charge is 0.0546 e. The van der Waals surface area contributed by atoms with Crippen molar-refractivity contribution in [3.8, 4) is 0 Å². The maximum Gasteiger partial charge on any atom is 0.0546 e. The lowest BCUT2D eigenvalue weighted by Gasteiger charge is -2.41. The predicted octanol–water partition coefficient (Wildman–Crippen LogP) is 2.22. The normalized spacial score (nSPS) is 29.7. The SMILES string of the molecule is CSCC(C)N(C)CC1(CNC2CC2)CCCOC1. The minimum atomic E-state index is 0.336. The lowest BCUT2D eigenvalue weighted by atomic mass is 9.81. The third-order valence-electron chi connectivity index (χ3n) is 4.49. The molecule has 1 aliphatic heterocycles. The second kappa shape index (κ2) is 7.30. The zero-order chi connectivity index (χ0) is 13.7. The van der Waals surface area contributed by atoms with Crippen LogP contribution in [0.2, 0.25) is 0 Å². The van der Waals surface area contributed by atoms with Gasteiger partial charge in [-0.25, -0.2) is 0 Å².